The Morgan fingerprint density at radius 1 is 1.13 bits per heavy atom. The number of aromatic hydroxyl groups is 1. The van der Waals surface area contributed by atoms with Gasteiger partial charge in [0, 0.05) is 48.5 Å². The maximum absolute atomic E-state index is 14.7. The molecule has 4 heterocycles. The Kier molecular flexibility index (Phi) is 4.82. The van der Waals surface area contributed by atoms with Gasteiger partial charge in [-0.25, -0.2) is 9.07 Å². The number of hydrogen-bond donors (Lipinski definition) is 2. The summed E-state index contributed by atoms with van der Waals surface area (Å²) in [5.41, 5.74) is 1.42. The van der Waals surface area contributed by atoms with Crippen molar-refractivity contribution in [2.24, 2.45) is 0 Å². The van der Waals surface area contributed by atoms with Crippen molar-refractivity contribution in [3.05, 3.63) is 48.5 Å². The van der Waals surface area contributed by atoms with E-state index in [1.54, 1.807) is 24.3 Å². The molecule has 156 valence electrons. The molecule has 0 unspecified atom stereocenters. The second kappa shape index (κ2) is 7.64. The number of halogens is 2. The molecule has 2 saturated heterocycles. The van der Waals surface area contributed by atoms with Gasteiger partial charge in [-0.2, -0.15) is 4.39 Å². The van der Waals surface area contributed by atoms with Crippen LogP contribution in [0.3, 0.4) is 0 Å². The van der Waals surface area contributed by atoms with Crippen molar-refractivity contribution in [3.8, 4) is 28.6 Å². The van der Waals surface area contributed by atoms with E-state index in [-0.39, 0.29) is 23.7 Å². The fraction of sp³-hybridized carbons (Fsp3) is 0.381. The summed E-state index contributed by atoms with van der Waals surface area (Å²) in [6, 6.07) is 9.46. The van der Waals surface area contributed by atoms with Crippen molar-refractivity contribution < 1.29 is 18.6 Å². The van der Waals surface area contributed by atoms with Crippen LogP contribution in [0.4, 0.5) is 8.78 Å². The predicted octanol–water partition coefficient (Wildman–Crippen LogP) is 3.17. The first kappa shape index (κ1) is 18.9. The lowest BCUT2D eigenvalue weighted by Crippen LogP contribution is -2.59. The monoisotopic (exact) mass is 413 g/mol. The van der Waals surface area contributed by atoms with E-state index in [1.165, 1.54) is 23.0 Å². The van der Waals surface area contributed by atoms with Crippen molar-refractivity contribution in [1.82, 2.24) is 25.3 Å². The van der Waals surface area contributed by atoms with E-state index in [0.29, 0.717) is 23.4 Å². The van der Waals surface area contributed by atoms with Gasteiger partial charge in [0.05, 0.1) is 11.4 Å². The second-order valence-electron chi connectivity index (χ2n) is 7.78. The van der Waals surface area contributed by atoms with Crippen LogP contribution >= 0.6 is 0 Å². The minimum absolute atomic E-state index is 0.0404. The topological polar surface area (TPSA) is 85.1 Å². The summed E-state index contributed by atoms with van der Waals surface area (Å²) in [5.74, 6) is -0.385. The molecule has 3 aromatic rings. The van der Waals surface area contributed by atoms with Crippen molar-refractivity contribution in [1.29, 1.82) is 0 Å². The van der Waals surface area contributed by atoms with E-state index in [4.69, 9.17) is 4.74 Å². The molecule has 2 aromatic heterocycles. The third-order valence-corrected chi connectivity index (χ3v) is 5.76. The lowest BCUT2D eigenvalue weighted by molar-refractivity contribution is 0.00652. The predicted molar refractivity (Wildman–Crippen MR) is 105 cm³/mol. The van der Waals surface area contributed by atoms with Gasteiger partial charge in [-0.3, -0.25) is 0 Å². The van der Waals surface area contributed by atoms with Gasteiger partial charge in [0.15, 0.2) is 6.17 Å². The molecule has 7 nitrogen and oxygen atoms in total. The summed E-state index contributed by atoms with van der Waals surface area (Å²) in [6.45, 7) is 0. The Bertz CT molecular complexity index is 1040. The van der Waals surface area contributed by atoms with Crippen molar-refractivity contribution in [2.75, 3.05) is 0 Å². The standard InChI is InChI=1S/C21H21F2N5O2/c22-19-8-9-28(27-19)13-4-5-14(17(29)11-13)15-6-7-20(26-25-15)30-18-10-12-2-1-3-16(24-12)21(18)23/h4-9,11-12,16,18,21,24,29H,1-3,10H2/t12-,16+,18-,21+/m1/s1. The zero-order chi connectivity index (χ0) is 20.7. The van der Waals surface area contributed by atoms with Gasteiger partial charge in [0.1, 0.15) is 11.9 Å². The first-order chi connectivity index (χ1) is 14.6. The van der Waals surface area contributed by atoms with E-state index < -0.39 is 18.2 Å². The number of hydrogen-bond acceptors (Lipinski definition) is 6. The van der Waals surface area contributed by atoms with Gasteiger partial charge in [0.2, 0.25) is 11.8 Å². The highest BCUT2D eigenvalue weighted by Crippen LogP contribution is 2.32. The highest BCUT2D eigenvalue weighted by atomic mass is 19.1. The minimum Gasteiger partial charge on any atom is -0.507 e. The van der Waals surface area contributed by atoms with Crippen LogP contribution < -0.4 is 10.1 Å². The molecule has 0 amide bonds. The Hall–Kier alpha value is -3.07. The van der Waals surface area contributed by atoms with E-state index in [9.17, 15) is 13.9 Å². The van der Waals surface area contributed by atoms with E-state index in [0.717, 1.165) is 19.3 Å². The van der Waals surface area contributed by atoms with Crippen molar-refractivity contribution in [2.45, 2.75) is 50.0 Å². The molecule has 2 aliphatic heterocycles. The summed E-state index contributed by atoms with van der Waals surface area (Å²) in [5, 5.41) is 25.6. The average Bonchev–Trinajstić information content (AvgIpc) is 3.19. The first-order valence-electron chi connectivity index (χ1n) is 10.0. The maximum Gasteiger partial charge on any atom is 0.233 e. The number of alkyl halides is 1. The third kappa shape index (κ3) is 3.60. The van der Waals surface area contributed by atoms with Crippen molar-refractivity contribution in [3.63, 3.8) is 0 Å². The number of rotatable bonds is 4. The Labute approximate surface area is 171 Å². The molecular formula is C21H21F2N5O2. The molecule has 5 rings (SSSR count). The molecule has 2 aliphatic rings. The highest BCUT2D eigenvalue weighted by Gasteiger charge is 2.41. The number of aromatic nitrogens is 4. The number of ether oxygens (including phenoxy) is 1. The van der Waals surface area contributed by atoms with Crippen molar-refractivity contribution >= 4 is 0 Å². The smallest absolute Gasteiger partial charge is 0.233 e. The van der Waals surface area contributed by atoms with Crippen LogP contribution in [0.5, 0.6) is 11.6 Å². The van der Waals surface area contributed by atoms with Crippen LogP contribution in [-0.2, 0) is 0 Å². The zero-order valence-corrected chi connectivity index (χ0v) is 16.1. The summed E-state index contributed by atoms with van der Waals surface area (Å²) in [7, 11) is 0. The number of phenolic OH excluding ortho intramolecular Hbond substituents is 1. The van der Waals surface area contributed by atoms with Gasteiger partial charge in [-0.1, -0.05) is 6.42 Å². The summed E-state index contributed by atoms with van der Waals surface area (Å²) >= 11 is 0. The molecule has 0 spiro atoms. The molecular weight excluding hydrogens is 392 g/mol. The Morgan fingerprint density at radius 3 is 2.77 bits per heavy atom. The number of benzene rings is 1. The molecule has 4 atom stereocenters. The molecule has 9 heteroatoms. The number of phenols is 1. The van der Waals surface area contributed by atoms with Crippen LogP contribution in [0.1, 0.15) is 25.7 Å². The number of nitrogens with one attached hydrogen (secondary N) is 1. The van der Waals surface area contributed by atoms with E-state index in [1.807, 2.05) is 0 Å². The third-order valence-electron chi connectivity index (χ3n) is 5.76. The first-order valence-corrected chi connectivity index (χ1v) is 10.0. The normalized spacial score (nSPS) is 25.8. The Morgan fingerprint density at radius 2 is 2.03 bits per heavy atom. The number of fused-ring (bicyclic) bond motifs is 2. The van der Waals surface area contributed by atoms with Crippen LogP contribution in [0.25, 0.3) is 16.9 Å². The SMILES string of the molecule is Oc1cc(-n2ccc(F)n2)ccc1-c1ccc(O[C@@H]2C[C@H]3CCC[C@H](N3)[C@@H]2F)nn1. The average molecular weight is 413 g/mol. The fourth-order valence-corrected chi connectivity index (χ4v) is 4.28. The Balaban J connectivity index is 1.31. The van der Waals surface area contributed by atoms with E-state index >= 15 is 0 Å². The molecule has 0 saturated carbocycles. The molecule has 2 N–H and O–H groups in total. The van der Waals surface area contributed by atoms with Gasteiger partial charge >= 0.3 is 0 Å². The zero-order valence-electron chi connectivity index (χ0n) is 16.1. The van der Waals surface area contributed by atoms with Crippen LogP contribution in [0.15, 0.2) is 42.6 Å². The fourth-order valence-electron chi connectivity index (χ4n) is 4.28. The summed E-state index contributed by atoms with van der Waals surface area (Å²) in [6.07, 6.45) is 3.36. The van der Waals surface area contributed by atoms with Gasteiger partial charge in [-0.05, 0) is 31.0 Å². The van der Waals surface area contributed by atoms with Gasteiger partial charge < -0.3 is 15.2 Å². The second-order valence-corrected chi connectivity index (χ2v) is 7.78. The lowest BCUT2D eigenvalue weighted by Gasteiger charge is -2.42. The molecule has 1 aromatic carbocycles. The maximum atomic E-state index is 14.7. The number of piperidine rings is 2. The molecule has 30 heavy (non-hydrogen) atoms. The molecule has 2 bridgehead atoms. The number of nitrogens with zero attached hydrogens (tertiary/aromatic N) is 4. The highest BCUT2D eigenvalue weighted by molar-refractivity contribution is 5.68. The van der Waals surface area contributed by atoms with E-state index in [2.05, 4.69) is 20.6 Å². The van der Waals surface area contributed by atoms with Crippen LogP contribution in [0, 0.1) is 5.95 Å². The summed E-state index contributed by atoms with van der Waals surface area (Å²) in [4.78, 5) is 0. The van der Waals surface area contributed by atoms with Gasteiger partial charge in [-0.15, -0.1) is 15.3 Å². The van der Waals surface area contributed by atoms with Crippen LogP contribution in [0.2, 0.25) is 0 Å². The molecule has 0 aliphatic carbocycles. The molecule has 0 radical (unpaired) electrons. The molecule has 2 fully saturated rings. The summed E-state index contributed by atoms with van der Waals surface area (Å²) < 4.78 is 34.9. The van der Waals surface area contributed by atoms with Crippen LogP contribution in [-0.4, -0.2) is 49.4 Å². The lowest BCUT2D eigenvalue weighted by atomic mass is 9.84. The van der Waals surface area contributed by atoms with Gasteiger partial charge in [0.25, 0.3) is 0 Å². The largest absolute Gasteiger partial charge is 0.507 e. The quantitative estimate of drug-likeness (QED) is 0.684. The minimum atomic E-state index is -1.08.